The number of thiophene rings is 1. The van der Waals surface area contributed by atoms with Crippen molar-refractivity contribution in [3.63, 3.8) is 0 Å². The van der Waals surface area contributed by atoms with Gasteiger partial charge in [-0.3, -0.25) is 0 Å². The highest BCUT2D eigenvalue weighted by Crippen LogP contribution is 2.45. The topological polar surface area (TPSA) is 29.3 Å². The molecule has 0 saturated carbocycles. The van der Waals surface area contributed by atoms with Crippen LogP contribution in [0.2, 0.25) is 0 Å². The fraction of sp³-hybridized carbons (Fsp3) is 0. The van der Waals surface area contributed by atoms with Crippen molar-refractivity contribution in [2.75, 3.05) is 4.90 Å². The molecule has 0 fully saturated rings. The van der Waals surface area contributed by atoms with Crippen molar-refractivity contribution in [3.05, 3.63) is 158 Å². The summed E-state index contributed by atoms with van der Waals surface area (Å²) in [5.41, 5.74) is 9.55. The summed E-state index contributed by atoms with van der Waals surface area (Å²) in [4.78, 5) is 7.57. The maximum Gasteiger partial charge on any atom is 0.137 e. The number of para-hydroxylation sites is 1. The molecule has 0 aliphatic rings. The second-order valence-corrected chi connectivity index (χ2v) is 14.1. The van der Waals surface area contributed by atoms with E-state index in [2.05, 4.69) is 150 Å². The summed E-state index contributed by atoms with van der Waals surface area (Å²) in [6.45, 7) is 0. The molecule has 5 heteroatoms. The monoisotopic (exact) mass is 650 g/mol. The first-order chi connectivity index (χ1) is 23.8. The molecule has 0 unspecified atom stereocenters. The van der Waals surface area contributed by atoms with Crippen molar-refractivity contribution < 1.29 is 4.42 Å². The van der Waals surface area contributed by atoms with Crippen molar-refractivity contribution in [2.45, 2.75) is 0 Å². The van der Waals surface area contributed by atoms with Gasteiger partial charge in [-0.1, -0.05) is 91.0 Å². The fourth-order valence-electron chi connectivity index (χ4n) is 6.84. The zero-order valence-electron chi connectivity index (χ0n) is 25.6. The lowest BCUT2D eigenvalue weighted by atomic mass is 10.0. The number of rotatable bonds is 5. The van der Waals surface area contributed by atoms with Crippen LogP contribution in [0.15, 0.2) is 162 Å². The molecule has 0 saturated heterocycles. The zero-order chi connectivity index (χ0) is 31.6. The van der Waals surface area contributed by atoms with Crippen molar-refractivity contribution in [2.24, 2.45) is 0 Å². The van der Waals surface area contributed by atoms with E-state index in [0.717, 1.165) is 55.1 Å². The van der Waals surface area contributed by atoms with Gasteiger partial charge in [0.05, 0.1) is 10.2 Å². The summed E-state index contributed by atoms with van der Waals surface area (Å²) in [6.07, 6.45) is 0. The number of thiazole rings is 1. The number of fused-ring (bicyclic) bond motifs is 8. The average Bonchev–Trinajstić information content (AvgIpc) is 3.85. The lowest BCUT2D eigenvalue weighted by Crippen LogP contribution is -2.09. The Kier molecular flexibility index (Phi) is 6.22. The van der Waals surface area contributed by atoms with Gasteiger partial charge in [-0.2, -0.15) is 0 Å². The number of nitrogens with zero attached hydrogens (tertiary/aromatic N) is 2. The van der Waals surface area contributed by atoms with Crippen LogP contribution in [0.5, 0.6) is 0 Å². The minimum absolute atomic E-state index is 0.873. The van der Waals surface area contributed by atoms with Crippen LogP contribution < -0.4 is 4.90 Å². The van der Waals surface area contributed by atoms with Gasteiger partial charge in [0, 0.05) is 59.6 Å². The van der Waals surface area contributed by atoms with Gasteiger partial charge in [-0.05, 0) is 71.8 Å². The van der Waals surface area contributed by atoms with Crippen LogP contribution in [-0.2, 0) is 0 Å². The number of anilines is 3. The molecule has 7 aromatic carbocycles. The molecule has 0 N–H and O–H groups in total. The predicted octanol–water partition coefficient (Wildman–Crippen LogP) is 13.4. The van der Waals surface area contributed by atoms with Crippen molar-refractivity contribution in [1.82, 2.24) is 4.98 Å². The zero-order valence-corrected chi connectivity index (χ0v) is 27.3. The molecule has 0 aliphatic heterocycles. The molecular weight excluding hydrogens is 625 g/mol. The molecule has 10 aromatic rings. The molecule has 3 nitrogen and oxygen atoms in total. The molecular formula is C43H26N2OS2. The molecule has 48 heavy (non-hydrogen) atoms. The highest BCUT2D eigenvalue weighted by atomic mass is 32.1. The summed E-state index contributed by atoms with van der Waals surface area (Å²) >= 11 is 3.59. The van der Waals surface area contributed by atoms with E-state index in [-0.39, 0.29) is 0 Å². The predicted molar refractivity (Wildman–Crippen MR) is 205 cm³/mol. The van der Waals surface area contributed by atoms with E-state index in [1.165, 1.54) is 36.0 Å². The standard InChI is InChI=1S/C43H26N2OS2/c1-3-10-27(11-4-1)29-14-9-15-30(24-29)45(32-18-20-34-33-16-7-8-17-36(33)46-37(34)26-32)31-19-21-38-35(25-31)41-39(47-38)22-23-40-42(41)44-43(48-40)28-12-5-2-6-13-28/h1-26H. The highest BCUT2D eigenvalue weighted by Gasteiger charge is 2.19. The minimum Gasteiger partial charge on any atom is -0.456 e. The Balaban J connectivity index is 1.19. The quantitative estimate of drug-likeness (QED) is 0.186. The second-order valence-electron chi connectivity index (χ2n) is 12.0. The summed E-state index contributed by atoms with van der Waals surface area (Å²) in [5, 5.41) is 5.74. The summed E-state index contributed by atoms with van der Waals surface area (Å²) in [6, 6.07) is 56.0. The Bertz CT molecular complexity index is 2790. The number of furan rings is 1. The Morgan fingerprint density at radius 3 is 1.98 bits per heavy atom. The van der Waals surface area contributed by atoms with E-state index >= 15 is 0 Å². The van der Waals surface area contributed by atoms with Gasteiger partial charge in [0.15, 0.2) is 0 Å². The lowest BCUT2D eigenvalue weighted by molar-refractivity contribution is 0.669. The minimum atomic E-state index is 0.873. The van der Waals surface area contributed by atoms with Gasteiger partial charge in [0.1, 0.15) is 16.2 Å². The van der Waals surface area contributed by atoms with Gasteiger partial charge >= 0.3 is 0 Å². The van der Waals surface area contributed by atoms with E-state index in [1.54, 1.807) is 11.3 Å². The molecule has 3 heterocycles. The first kappa shape index (κ1) is 27.4. The fourth-order valence-corrected chi connectivity index (χ4v) is 8.91. The van der Waals surface area contributed by atoms with Crippen LogP contribution in [0, 0.1) is 0 Å². The number of hydrogen-bond acceptors (Lipinski definition) is 5. The van der Waals surface area contributed by atoms with Crippen LogP contribution >= 0.6 is 22.7 Å². The SMILES string of the molecule is c1ccc(-c2cccc(N(c3ccc4c(c3)oc3ccccc34)c3ccc4sc5ccc6sc(-c7ccccc7)nc6c5c4c3)c2)cc1. The highest BCUT2D eigenvalue weighted by molar-refractivity contribution is 7.26. The molecule has 0 aliphatic carbocycles. The largest absolute Gasteiger partial charge is 0.456 e. The Labute approximate surface area is 284 Å². The molecule has 0 atom stereocenters. The molecule has 226 valence electrons. The third-order valence-electron chi connectivity index (χ3n) is 9.09. The third-order valence-corrected chi connectivity index (χ3v) is 11.3. The van der Waals surface area contributed by atoms with Crippen LogP contribution in [0.1, 0.15) is 0 Å². The smallest absolute Gasteiger partial charge is 0.137 e. The second kappa shape index (κ2) is 10.9. The molecule has 3 aromatic heterocycles. The van der Waals surface area contributed by atoms with E-state index in [0.29, 0.717) is 0 Å². The summed E-state index contributed by atoms with van der Waals surface area (Å²) < 4.78 is 10.1. The van der Waals surface area contributed by atoms with Crippen LogP contribution in [0.4, 0.5) is 17.1 Å². The van der Waals surface area contributed by atoms with Crippen molar-refractivity contribution >= 4 is 92.1 Å². The third kappa shape index (κ3) is 4.43. The van der Waals surface area contributed by atoms with Gasteiger partial charge in [-0.15, -0.1) is 22.7 Å². The number of aromatic nitrogens is 1. The van der Waals surface area contributed by atoms with Crippen LogP contribution in [0.3, 0.4) is 0 Å². The maximum absolute atomic E-state index is 6.38. The van der Waals surface area contributed by atoms with Crippen LogP contribution in [0.25, 0.3) is 74.0 Å². The molecule has 0 bridgehead atoms. The lowest BCUT2D eigenvalue weighted by Gasteiger charge is -2.26. The van der Waals surface area contributed by atoms with Crippen molar-refractivity contribution in [3.8, 4) is 21.7 Å². The molecule has 0 radical (unpaired) electrons. The van der Waals surface area contributed by atoms with Gasteiger partial charge in [0.2, 0.25) is 0 Å². The van der Waals surface area contributed by atoms with Crippen LogP contribution in [-0.4, -0.2) is 4.98 Å². The molecule has 10 rings (SSSR count). The first-order valence-corrected chi connectivity index (χ1v) is 17.6. The molecule has 0 spiro atoms. The van der Waals surface area contributed by atoms with Crippen molar-refractivity contribution in [1.29, 1.82) is 0 Å². The normalized spacial score (nSPS) is 11.8. The maximum atomic E-state index is 6.38. The van der Waals surface area contributed by atoms with Gasteiger partial charge in [-0.25, -0.2) is 4.98 Å². The Hall–Kier alpha value is -5.75. The summed E-state index contributed by atoms with van der Waals surface area (Å²) in [7, 11) is 0. The summed E-state index contributed by atoms with van der Waals surface area (Å²) in [5.74, 6) is 0. The number of hydrogen-bond donors (Lipinski definition) is 0. The van der Waals surface area contributed by atoms with E-state index in [1.807, 2.05) is 23.5 Å². The first-order valence-electron chi connectivity index (χ1n) is 15.9. The Morgan fingerprint density at radius 1 is 0.438 bits per heavy atom. The molecule has 0 amide bonds. The van der Waals surface area contributed by atoms with E-state index in [4.69, 9.17) is 9.40 Å². The van der Waals surface area contributed by atoms with E-state index < -0.39 is 0 Å². The van der Waals surface area contributed by atoms with Gasteiger partial charge < -0.3 is 9.32 Å². The van der Waals surface area contributed by atoms with E-state index in [9.17, 15) is 0 Å². The Morgan fingerprint density at radius 2 is 1.10 bits per heavy atom. The average molecular weight is 651 g/mol. The van der Waals surface area contributed by atoms with Gasteiger partial charge in [0.25, 0.3) is 0 Å². The number of benzene rings is 7.